The van der Waals surface area contributed by atoms with Crippen LogP contribution in [0.4, 0.5) is 0 Å². The third-order valence-electron chi connectivity index (χ3n) is 3.08. The molecule has 0 bridgehead atoms. The molecule has 0 N–H and O–H groups in total. The molecule has 0 heteroatoms. The maximum Gasteiger partial charge on any atom is -0.0288 e. The molecule has 0 aliphatic carbocycles. The molecule has 14 heavy (non-hydrogen) atoms. The molecule has 0 aliphatic rings. The van der Waals surface area contributed by atoms with Crippen molar-refractivity contribution in [2.75, 3.05) is 0 Å². The van der Waals surface area contributed by atoms with Gasteiger partial charge >= 0.3 is 0 Å². The summed E-state index contributed by atoms with van der Waals surface area (Å²) in [6.45, 7) is 13.8. The molecule has 84 valence electrons. The molecular weight excluding hydrogens is 168 g/mol. The second-order valence-corrected chi connectivity index (χ2v) is 5.18. The number of rotatable bonds is 6. The van der Waals surface area contributed by atoms with Crippen LogP contribution in [0.25, 0.3) is 0 Å². The van der Waals surface area contributed by atoms with E-state index in [0.717, 1.165) is 11.8 Å². The zero-order chi connectivity index (χ0) is 11.1. The van der Waals surface area contributed by atoms with E-state index in [0.29, 0.717) is 5.92 Å². The van der Waals surface area contributed by atoms with E-state index < -0.39 is 0 Å². The lowest BCUT2D eigenvalue weighted by molar-refractivity contribution is 0.391. The minimum absolute atomic E-state index is 0.708. The molecule has 0 saturated carbocycles. The van der Waals surface area contributed by atoms with Gasteiger partial charge in [0.1, 0.15) is 0 Å². The van der Waals surface area contributed by atoms with Crippen LogP contribution < -0.4 is 0 Å². The fourth-order valence-corrected chi connectivity index (χ4v) is 1.60. The molecule has 1 atom stereocenters. The summed E-state index contributed by atoms with van der Waals surface area (Å²) in [6, 6.07) is 0. The van der Waals surface area contributed by atoms with Crippen LogP contribution in [0, 0.1) is 17.8 Å². The van der Waals surface area contributed by atoms with Gasteiger partial charge in [0.25, 0.3) is 0 Å². The third kappa shape index (κ3) is 6.23. The fraction of sp³-hybridized carbons (Fsp3) is 0.857. The Morgan fingerprint density at radius 2 is 1.64 bits per heavy atom. The monoisotopic (exact) mass is 196 g/mol. The molecule has 0 spiro atoms. The van der Waals surface area contributed by atoms with Gasteiger partial charge in [0.05, 0.1) is 0 Å². The Bertz CT molecular complexity index is 163. The van der Waals surface area contributed by atoms with Crippen LogP contribution >= 0.6 is 0 Å². The zero-order valence-corrected chi connectivity index (χ0v) is 10.9. The normalized spacial score (nSPS) is 15.3. The van der Waals surface area contributed by atoms with Gasteiger partial charge in [-0.2, -0.15) is 0 Å². The summed E-state index contributed by atoms with van der Waals surface area (Å²) < 4.78 is 0. The second-order valence-electron chi connectivity index (χ2n) is 5.18. The summed E-state index contributed by atoms with van der Waals surface area (Å²) in [5.74, 6) is 2.39. The van der Waals surface area contributed by atoms with E-state index in [1.165, 1.54) is 19.3 Å². The van der Waals surface area contributed by atoms with Gasteiger partial charge in [-0.25, -0.2) is 0 Å². The van der Waals surface area contributed by atoms with E-state index in [9.17, 15) is 0 Å². The molecule has 0 aromatic carbocycles. The highest BCUT2D eigenvalue weighted by Crippen LogP contribution is 2.21. The van der Waals surface area contributed by atoms with Crippen LogP contribution in [0.1, 0.15) is 60.8 Å². The first-order valence-corrected chi connectivity index (χ1v) is 6.16. The minimum Gasteiger partial charge on any atom is -0.0828 e. The van der Waals surface area contributed by atoms with Crippen molar-refractivity contribution in [2.45, 2.75) is 60.8 Å². The van der Waals surface area contributed by atoms with Gasteiger partial charge in [-0.05, 0) is 37.0 Å². The lowest BCUT2D eigenvalue weighted by Crippen LogP contribution is -2.04. The van der Waals surface area contributed by atoms with Gasteiger partial charge in [-0.3, -0.25) is 0 Å². The summed E-state index contributed by atoms with van der Waals surface area (Å²) in [4.78, 5) is 0. The molecule has 0 aromatic heterocycles. The van der Waals surface area contributed by atoms with Crippen molar-refractivity contribution >= 4 is 0 Å². The van der Waals surface area contributed by atoms with Gasteiger partial charge in [-0.15, -0.1) is 0 Å². The molecular formula is C14H28. The van der Waals surface area contributed by atoms with E-state index in [2.05, 4.69) is 47.6 Å². The van der Waals surface area contributed by atoms with Gasteiger partial charge in [-0.1, -0.05) is 53.2 Å². The Morgan fingerprint density at radius 1 is 1.07 bits per heavy atom. The number of allylic oxidation sites excluding steroid dienone is 2. The molecule has 0 aromatic rings. The molecule has 0 aliphatic heterocycles. The highest BCUT2D eigenvalue weighted by molar-refractivity contribution is 5.02. The molecule has 0 heterocycles. The van der Waals surface area contributed by atoms with Gasteiger partial charge in [0.15, 0.2) is 0 Å². The highest BCUT2D eigenvalue weighted by atomic mass is 14.1. The van der Waals surface area contributed by atoms with Crippen LogP contribution in [0.15, 0.2) is 11.6 Å². The Balaban J connectivity index is 3.96. The van der Waals surface area contributed by atoms with Gasteiger partial charge in [0.2, 0.25) is 0 Å². The van der Waals surface area contributed by atoms with Crippen LogP contribution in [-0.2, 0) is 0 Å². The lowest BCUT2D eigenvalue weighted by Gasteiger charge is -2.16. The van der Waals surface area contributed by atoms with E-state index >= 15 is 0 Å². The molecule has 0 fully saturated rings. The Kier molecular flexibility index (Phi) is 6.96. The maximum atomic E-state index is 2.44. The SMILES string of the molecule is CCC(=CC(C)C)CCC(C)C(C)C. The summed E-state index contributed by atoms with van der Waals surface area (Å²) in [6.07, 6.45) is 6.31. The molecule has 1 unspecified atom stereocenters. The predicted octanol–water partition coefficient (Wildman–Crippen LogP) is 5.05. The van der Waals surface area contributed by atoms with Crippen molar-refractivity contribution in [3.05, 3.63) is 11.6 Å². The average Bonchev–Trinajstić information content (AvgIpc) is 2.10. The van der Waals surface area contributed by atoms with Gasteiger partial charge in [0, 0.05) is 0 Å². The maximum absolute atomic E-state index is 2.44. The van der Waals surface area contributed by atoms with Crippen molar-refractivity contribution in [3.63, 3.8) is 0 Å². The Labute approximate surface area is 90.8 Å². The second kappa shape index (κ2) is 7.09. The molecule has 0 saturated heterocycles. The van der Waals surface area contributed by atoms with E-state index in [1.807, 2.05) is 0 Å². The lowest BCUT2D eigenvalue weighted by atomic mass is 9.90. The quantitative estimate of drug-likeness (QED) is 0.521. The zero-order valence-electron chi connectivity index (χ0n) is 10.9. The first kappa shape index (κ1) is 13.7. The van der Waals surface area contributed by atoms with Gasteiger partial charge < -0.3 is 0 Å². The summed E-state index contributed by atoms with van der Waals surface area (Å²) in [5, 5.41) is 0. The largest absolute Gasteiger partial charge is 0.0828 e. The highest BCUT2D eigenvalue weighted by Gasteiger charge is 2.07. The predicted molar refractivity (Wildman–Crippen MR) is 66.4 cm³/mol. The number of hydrogen-bond acceptors (Lipinski definition) is 0. The minimum atomic E-state index is 0.708. The molecule has 0 amide bonds. The fourth-order valence-electron chi connectivity index (χ4n) is 1.60. The first-order valence-electron chi connectivity index (χ1n) is 6.16. The van der Waals surface area contributed by atoms with Crippen LogP contribution in [0.3, 0.4) is 0 Å². The standard InChI is InChI=1S/C14H28/c1-7-14(10-11(2)3)9-8-13(6)12(4)5/h10-13H,7-9H2,1-6H3. The molecule has 0 nitrogen and oxygen atoms in total. The number of hydrogen-bond donors (Lipinski definition) is 0. The summed E-state index contributed by atoms with van der Waals surface area (Å²) >= 11 is 0. The van der Waals surface area contributed by atoms with Crippen LogP contribution in [0.5, 0.6) is 0 Å². The van der Waals surface area contributed by atoms with E-state index in [1.54, 1.807) is 5.57 Å². The smallest absolute Gasteiger partial charge is 0.0288 e. The molecule has 0 rings (SSSR count). The molecule has 0 radical (unpaired) electrons. The van der Waals surface area contributed by atoms with Crippen molar-refractivity contribution in [3.8, 4) is 0 Å². The van der Waals surface area contributed by atoms with Crippen molar-refractivity contribution in [2.24, 2.45) is 17.8 Å². The topological polar surface area (TPSA) is 0 Å². The van der Waals surface area contributed by atoms with Crippen molar-refractivity contribution in [1.82, 2.24) is 0 Å². The van der Waals surface area contributed by atoms with Crippen molar-refractivity contribution in [1.29, 1.82) is 0 Å². The van der Waals surface area contributed by atoms with Crippen LogP contribution in [-0.4, -0.2) is 0 Å². The Morgan fingerprint density at radius 3 is 2.00 bits per heavy atom. The van der Waals surface area contributed by atoms with Crippen LogP contribution in [0.2, 0.25) is 0 Å². The van der Waals surface area contributed by atoms with E-state index in [-0.39, 0.29) is 0 Å². The van der Waals surface area contributed by atoms with Crippen molar-refractivity contribution < 1.29 is 0 Å². The summed E-state index contributed by atoms with van der Waals surface area (Å²) in [7, 11) is 0. The average molecular weight is 196 g/mol. The van der Waals surface area contributed by atoms with E-state index in [4.69, 9.17) is 0 Å². The summed E-state index contributed by atoms with van der Waals surface area (Å²) in [5.41, 5.74) is 1.65. The first-order chi connectivity index (χ1) is 6.47. The Hall–Kier alpha value is -0.260. The third-order valence-corrected chi connectivity index (χ3v) is 3.08.